The molecule has 96 valence electrons. The Morgan fingerprint density at radius 2 is 1.89 bits per heavy atom. The summed E-state index contributed by atoms with van der Waals surface area (Å²) in [5, 5.41) is 1.32. The van der Waals surface area contributed by atoms with Gasteiger partial charge in [-0.1, -0.05) is 32.0 Å². The first kappa shape index (κ1) is 11.8. The third kappa shape index (κ3) is 2.44. The van der Waals surface area contributed by atoms with Gasteiger partial charge in [0.25, 0.3) is 0 Å². The molecule has 0 atom stereocenters. The second kappa shape index (κ2) is 4.43. The van der Waals surface area contributed by atoms with Crippen LogP contribution in [0.2, 0.25) is 0 Å². The number of rotatable bonds is 2. The van der Waals surface area contributed by atoms with Crippen molar-refractivity contribution in [2.75, 3.05) is 13.1 Å². The van der Waals surface area contributed by atoms with Crippen molar-refractivity contribution in [3.63, 3.8) is 0 Å². The highest BCUT2D eigenvalue weighted by Gasteiger charge is 2.25. The Balaban J connectivity index is 1.69. The molecule has 1 saturated heterocycles. The molecule has 0 aliphatic carbocycles. The average molecular weight is 242 g/mol. The van der Waals surface area contributed by atoms with E-state index in [0.717, 1.165) is 6.54 Å². The molecule has 0 saturated carbocycles. The van der Waals surface area contributed by atoms with E-state index in [1.165, 1.54) is 42.5 Å². The van der Waals surface area contributed by atoms with Crippen molar-refractivity contribution in [2.24, 2.45) is 5.41 Å². The van der Waals surface area contributed by atoms with Gasteiger partial charge in [-0.2, -0.15) is 0 Å². The fraction of sp³-hybridized carbons (Fsp3) is 0.500. The van der Waals surface area contributed by atoms with Gasteiger partial charge < -0.3 is 4.98 Å². The number of para-hydroxylation sites is 1. The number of nitrogens with zero attached hydrogens (tertiary/aromatic N) is 1. The molecule has 1 N–H and O–H groups in total. The molecule has 1 fully saturated rings. The van der Waals surface area contributed by atoms with E-state index in [-0.39, 0.29) is 0 Å². The van der Waals surface area contributed by atoms with E-state index in [0.29, 0.717) is 5.41 Å². The molecule has 0 radical (unpaired) electrons. The van der Waals surface area contributed by atoms with Gasteiger partial charge in [-0.05, 0) is 48.9 Å². The van der Waals surface area contributed by atoms with Crippen molar-refractivity contribution in [1.82, 2.24) is 9.88 Å². The molecule has 2 heterocycles. The molecule has 2 heteroatoms. The number of piperidine rings is 1. The van der Waals surface area contributed by atoms with Crippen LogP contribution in [-0.4, -0.2) is 23.0 Å². The van der Waals surface area contributed by atoms with Crippen molar-refractivity contribution in [1.29, 1.82) is 0 Å². The Kier molecular flexibility index (Phi) is 2.90. The molecule has 1 aliphatic rings. The summed E-state index contributed by atoms with van der Waals surface area (Å²) in [4.78, 5) is 6.09. The Bertz CT molecular complexity index is 496. The average Bonchev–Trinajstić information content (AvgIpc) is 2.74. The molecule has 0 amide bonds. The van der Waals surface area contributed by atoms with Gasteiger partial charge >= 0.3 is 0 Å². The van der Waals surface area contributed by atoms with Crippen LogP contribution in [0.15, 0.2) is 30.3 Å². The number of hydrogen-bond acceptors (Lipinski definition) is 1. The van der Waals surface area contributed by atoms with Gasteiger partial charge in [-0.15, -0.1) is 0 Å². The van der Waals surface area contributed by atoms with Crippen molar-refractivity contribution in [2.45, 2.75) is 33.2 Å². The molecule has 0 unspecified atom stereocenters. The largest absolute Gasteiger partial charge is 0.357 e. The maximum atomic E-state index is 3.52. The van der Waals surface area contributed by atoms with Gasteiger partial charge in [0, 0.05) is 17.8 Å². The Morgan fingerprint density at radius 1 is 1.17 bits per heavy atom. The monoisotopic (exact) mass is 242 g/mol. The number of hydrogen-bond donors (Lipinski definition) is 1. The highest BCUT2D eigenvalue weighted by molar-refractivity contribution is 5.80. The van der Waals surface area contributed by atoms with Gasteiger partial charge in [-0.3, -0.25) is 4.90 Å². The van der Waals surface area contributed by atoms with Crippen molar-refractivity contribution in [3.8, 4) is 0 Å². The van der Waals surface area contributed by atoms with E-state index in [2.05, 4.69) is 54.1 Å². The Labute approximate surface area is 109 Å². The summed E-state index contributed by atoms with van der Waals surface area (Å²) in [5.41, 5.74) is 3.14. The van der Waals surface area contributed by atoms with E-state index in [1.54, 1.807) is 0 Å². The second-order valence-corrected chi connectivity index (χ2v) is 6.32. The maximum Gasteiger partial charge on any atom is 0.0456 e. The highest BCUT2D eigenvalue weighted by atomic mass is 15.1. The van der Waals surface area contributed by atoms with Crippen LogP contribution < -0.4 is 0 Å². The lowest BCUT2D eigenvalue weighted by atomic mass is 9.83. The summed E-state index contributed by atoms with van der Waals surface area (Å²) < 4.78 is 0. The number of nitrogens with one attached hydrogen (secondary N) is 1. The highest BCUT2D eigenvalue weighted by Crippen LogP contribution is 2.30. The van der Waals surface area contributed by atoms with Gasteiger partial charge in [0.2, 0.25) is 0 Å². The first-order valence-corrected chi connectivity index (χ1v) is 6.91. The normalized spacial score (nSPS) is 20.3. The van der Waals surface area contributed by atoms with Crippen LogP contribution in [0.25, 0.3) is 10.9 Å². The molecular weight excluding hydrogens is 220 g/mol. The quantitative estimate of drug-likeness (QED) is 0.849. The van der Waals surface area contributed by atoms with Crippen molar-refractivity contribution < 1.29 is 0 Å². The summed E-state index contributed by atoms with van der Waals surface area (Å²) in [7, 11) is 0. The maximum absolute atomic E-state index is 3.52. The lowest BCUT2D eigenvalue weighted by Gasteiger charge is -2.36. The minimum Gasteiger partial charge on any atom is -0.357 e. The Hall–Kier alpha value is -1.28. The zero-order valence-corrected chi connectivity index (χ0v) is 11.4. The molecule has 0 bridgehead atoms. The lowest BCUT2D eigenvalue weighted by molar-refractivity contribution is 0.126. The topological polar surface area (TPSA) is 19.0 Å². The fourth-order valence-corrected chi connectivity index (χ4v) is 2.78. The number of fused-ring (bicyclic) bond motifs is 1. The summed E-state index contributed by atoms with van der Waals surface area (Å²) in [5.74, 6) is 0. The minimum absolute atomic E-state index is 0.539. The molecule has 2 aromatic rings. The van der Waals surface area contributed by atoms with Crippen LogP contribution in [0.4, 0.5) is 0 Å². The molecular formula is C16H22N2. The summed E-state index contributed by atoms with van der Waals surface area (Å²) in [6.07, 6.45) is 2.63. The third-order valence-corrected chi connectivity index (χ3v) is 4.19. The minimum atomic E-state index is 0.539. The zero-order chi connectivity index (χ0) is 12.6. The van der Waals surface area contributed by atoms with Crippen LogP contribution in [0, 0.1) is 5.41 Å². The molecule has 18 heavy (non-hydrogen) atoms. The molecule has 0 spiro atoms. The zero-order valence-electron chi connectivity index (χ0n) is 11.4. The molecule has 3 rings (SSSR count). The molecule has 1 aliphatic heterocycles. The van der Waals surface area contributed by atoms with Crippen LogP contribution in [0.1, 0.15) is 32.4 Å². The number of H-pyrrole nitrogens is 1. The van der Waals surface area contributed by atoms with Crippen molar-refractivity contribution >= 4 is 10.9 Å². The van der Waals surface area contributed by atoms with Gasteiger partial charge in [0.1, 0.15) is 0 Å². The first-order chi connectivity index (χ1) is 8.62. The summed E-state index contributed by atoms with van der Waals surface area (Å²) in [6.45, 7) is 8.27. The van der Waals surface area contributed by atoms with E-state index in [4.69, 9.17) is 0 Å². The van der Waals surface area contributed by atoms with E-state index < -0.39 is 0 Å². The number of aromatic nitrogens is 1. The number of aromatic amines is 1. The first-order valence-electron chi connectivity index (χ1n) is 6.91. The summed E-state index contributed by atoms with van der Waals surface area (Å²) >= 11 is 0. The standard InChI is InChI=1S/C16H22N2/c1-16(2)7-9-18(10-8-16)12-14-11-13-5-3-4-6-15(13)17-14/h3-6,11,17H,7-10,12H2,1-2H3. The van der Waals surface area contributed by atoms with Gasteiger partial charge in [0.15, 0.2) is 0 Å². The second-order valence-electron chi connectivity index (χ2n) is 6.32. The smallest absolute Gasteiger partial charge is 0.0456 e. The van der Waals surface area contributed by atoms with Crippen LogP contribution in [-0.2, 0) is 6.54 Å². The van der Waals surface area contributed by atoms with Crippen LogP contribution in [0.5, 0.6) is 0 Å². The fourth-order valence-electron chi connectivity index (χ4n) is 2.78. The van der Waals surface area contributed by atoms with E-state index in [9.17, 15) is 0 Å². The van der Waals surface area contributed by atoms with Gasteiger partial charge in [-0.25, -0.2) is 0 Å². The molecule has 1 aromatic carbocycles. The molecule has 2 nitrogen and oxygen atoms in total. The predicted octanol–water partition coefficient (Wildman–Crippen LogP) is 3.79. The van der Waals surface area contributed by atoms with Crippen LogP contribution >= 0.6 is 0 Å². The SMILES string of the molecule is CC1(C)CCN(Cc2cc3ccccc3[nH]2)CC1. The number of likely N-dealkylation sites (tertiary alicyclic amines) is 1. The van der Waals surface area contributed by atoms with Crippen LogP contribution in [0.3, 0.4) is 0 Å². The predicted molar refractivity (Wildman–Crippen MR) is 76.6 cm³/mol. The van der Waals surface area contributed by atoms with Crippen molar-refractivity contribution in [3.05, 3.63) is 36.0 Å². The van der Waals surface area contributed by atoms with E-state index in [1.807, 2.05) is 0 Å². The molecule has 1 aromatic heterocycles. The van der Waals surface area contributed by atoms with Gasteiger partial charge in [0.05, 0.1) is 0 Å². The third-order valence-electron chi connectivity index (χ3n) is 4.19. The lowest BCUT2D eigenvalue weighted by Crippen LogP contribution is -2.36. The summed E-state index contributed by atoms with van der Waals surface area (Å²) in [6, 6.07) is 10.8. The van der Waals surface area contributed by atoms with E-state index >= 15 is 0 Å². The Morgan fingerprint density at radius 3 is 2.61 bits per heavy atom. The number of benzene rings is 1.